The summed E-state index contributed by atoms with van der Waals surface area (Å²) < 4.78 is 0. The maximum absolute atomic E-state index is 3.27. The molecular weight excluding hydrogens is 148 g/mol. The average molecular weight is 170 g/mol. The van der Waals surface area contributed by atoms with E-state index in [-0.39, 0.29) is 0 Å². The Kier molecular flexibility index (Phi) is 4.62. The van der Waals surface area contributed by atoms with Gasteiger partial charge in [-0.2, -0.15) is 0 Å². The van der Waals surface area contributed by atoms with Crippen LogP contribution in [0.2, 0.25) is 0 Å². The van der Waals surface area contributed by atoms with Gasteiger partial charge in [-0.3, -0.25) is 0 Å². The van der Waals surface area contributed by atoms with Gasteiger partial charge in [0.2, 0.25) is 0 Å². The van der Waals surface area contributed by atoms with Crippen LogP contribution in [0.3, 0.4) is 0 Å². The first-order valence-corrected chi connectivity index (χ1v) is 5.16. The second kappa shape index (κ2) is 5.55. The van der Waals surface area contributed by atoms with Crippen molar-refractivity contribution < 1.29 is 0 Å². The van der Waals surface area contributed by atoms with Crippen molar-refractivity contribution >= 4 is 0 Å². The van der Waals surface area contributed by atoms with Crippen LogP contribution in [-0.4, -0.2) is 27.2 Å². The average Bonchev–Trinajstić information content (AvgIpc) is 2.09. The molecule has 0 bridgehead atoms. The van der Waals surface area contributed by atoms with E-state index in [0.29, 0.717) is 0 Å². The highest BCUT2D eigenvalue weighted by atomic mass is 14.8. The maximum atomic E-state index is 3.27. The molecule has 0 unspecified atom stereocenters. The highest BCUT2D eigenvalue weighted by molar-refractivity contribution is 4.74. The Morgan fingerprint density at radius 1 is 0.833 bits per heavy atom. The van der Waals surface area contributed by atoms with Gasteiger partial charge in [-0.05, 0) is 64.7 Å². The van der Waals surface area contributed by atoms with E-state index in [9.17, 15) is 0 Å². The van der Waals surface area contributed by atoms with E-state index >= 15 is 0 Å². The van der Waals surface area contributed by atoms with Gasteiger partial charge >= 0.3 is 0 Å². The highest BCUT2D eigenvalue weighted by Gasteiger charge is 2.19. The van der Waals surface area contributed by atoms with Crippen molar-refractivity contribution in [2.75, 3.05) is 27.2 Å². The van der Waals surface area contributed by atoms with Crippen LogP contribution in [0.4, 0.5) is 0 Å². The quantitative estimate of drug-likeness (QED) is 0.663. The molecule has 1 rings (SSSR count). The zero-order valence-electron chi connectivity index (χ0n) is 8.40. The first-order valence-electron chi connectivity index (χ1n) is 5.16. The summed E-state index contributed by atoms with van der Waals surface area (Å²) in [5.41, 5.74) is 0. The zero-order valence-corrected chi connectivity index (χ0v) is 8.40. The lowest BCUT2D eigenvalue weighted by molar-refractivity contribution is 0.268. The summed E-state index contributed by atoms with van der Waals surface area (Å²) in [6.07, 6.45) is 5.70. The Morgan fingerprint density at radius 3 is 1.42 bits per heavy atom. The van der Waals surface area contributed by atoms with Crippen LogP contribution in [0.1, 0.15) is 25.7 Å². The van der Waals surface area contributed by atoms with Crippen molar-refractivity contribution in [1.82, 2.24) is 10.6 Å². The SMILES string of the molecule is CNC[C@H]1CC[C@H](CNC)CC1. The molecule has 0 saturated heterocycles. The van der Waals surface area contributed by atoms with Gasteiger partial charge in [0.25, 0.3) is 0 Å². The summed E-state index contributed by atoms with van der Waals surface area (Å²) in [5.74, 6) is 1.89. The molecule has 72 valence electrons. The fourth-order valence-corrected chi connectivity index (χ4v) is 2.22. The molecule has 1 aliphatic rings. The van der Waals surface area contributed by atoms with E-state index < -0.39 is 0 Å². The van der Waals surface area contributed by atoms with E-state index in [2.05, 4.69) is 24.7 Å². The molecule has 12 heavy (non-hydrogen) atoms. The Balaban J connectivity index is 2.11. The van der Waals surface area contributed by atoms with E-state index in [1.807, 2.05) is 0 Å². The third-order valence-electron chi connectivity index (χ3n) is 2.95. The van der Waals surface area contributed by atoms with Gasteiger partial charge in [-0.15, -0.1) is 0 Å². The monoisotopic (exact) mass is 170 g/mol. The number of hydrogen-bond acceptors (Lipinski definition) is 2. The van der Waals surface area contributed by atoms with Crippen LogP contribution in [0.15, 0.2) is 0 Å². The van der Waals surface area contributed by atoms with Crippen molar-refractivity contribution in [2.45, 2.75) is 25.7 Å². The second-order valence-corrected chi connectivity index (χ2v) is 4.00. The standard InChI is InChI=1S/C10H22N2/c1-11-7-9-3-5-10(6-4-9)8-12-2/h9-12H,3-8H2,1-2H3/t9-,10-. The van der Waals surface area contributed by atoms with Gasteiger partial charge in [0.05, 0.1) is 0 Å². The van der Waals surface area contributed by atoms with Crippen molar-refractivity contribution in [3.63, 3.8) is 0 Å². The summed E-state index contributed by atoms with van der Waals surface area (Å²) in [6, 6.07) is 0. The third kappa shape index (κ3) is 3.11. The summed E-state index contributed by atoms with van der Waals surface area (Å²) in [6.45, 7) is 2.43. The van der Waals surface area contributed by atoms with E-state index in [1.165, 1.54) is 38.8 Å². The van der Waals surface area contributed by atoms with Gasteiger partial charge in [0.15, 0.2) is 0 Å². The Morgan fingerprint density at radius 2 is 1.17 bits per heavy atom. The molecule has 1 aliphatic carbocycles. The van der Waals surface area contributed by atoms with Crippen LogP contribution in [-0.2, 0) is 0 Å². The van der Waals surface area contributed by atoms with E-state index in [4.69, 9.17) is 0 Å². The minimum absolute atomic E-state index is 0.947. The van der Waals surface area contributed by atoms with Crippen molar-refractivity contribution in [1.29, 1.82) is 0 Å². The lowest BCUT2D eigenvalue weighted by atomic mass is 9.82. The maximum Gasteiger partial charge on any atom is -0.00235 e. The third-order valence-corrected chi connectivity index (χ3v) is 2.95. The molecule has 0 radical (unpaired) electrons. The van der Waals surface area contributed by atoms with Crippen molar-refractivity contribution in [3.8, 4) is 0 Å². The molecule has 1 fully saturated rings. The molecule has 1 saturated carbocycles. The normalized spacial score (nSPS) is 30.5. The van der Waals surface area contributed by atoms with Gasteiger partial charge in [0.1, 0.15) is 0 Å². The molecule has 0 spiro atoms. The molecule has 0 atom stereocenters. The Labute approximate surface area is 76.1 Å². The number of rotatable bonds is 4. The van der Waals surface area contributed by atoms with E-state index in [1.54, 1.807) is 0 Å². The van der Waals surface area contributed by atoms with Crippen LogP contribution >= 0.6 is 0 Å². The molecule has 0 aromatic rings. The van der Waals surface area contributed by atoms with Crippen molar-refractivity contribution in [3.05, 3.63) is 0 Å². The minimum atomic E-state index is 0.947. The van der Waals surface area contributed by atoms with E-state index in [0.717, 1.165) is 11.8 Å². The predicted octanol–water partition coefficient (Wildman–Crippen LogP) is 1.23. The van der Waals surface area contributed by atoms with Crippen LogP contribution < -0.4 is 10.6 Å². The summed E-state index contributed by atoms with van der Waals surface area (Å²) >= 11 is 0. The number of hydrogen-bond donors (Lipinski definition) is 2. The molecule has 2 N–H and O–H groups in total. The van der Waals surface area contributed by atoms with Crippen LogP contribution in [0.5, 0.6) is 0 Å². The Bertz CT molecular complexity index is 92.4. The fraction of sp³-hybridized carbons (Fsp3) is 1.00. The molecule has 0 aromatic carbocycles. The summed E-state index contributed by atoms with van der Waals surface area (Å²) in [5, 5.41) is 6.54. The van der Waals surface area contributed by atoms with Gasteiger partial charge < -0.3 is 10.6 Å². The Hall–Kier alpha value is -0.0800. The highest BCUT2D eigenvalue weighted by Crippen LogP contribution is 2.27. The predicted molar refractivity (Wildman–Crippen MR) is 53.3 cm³/mol. The fourth-order valence-electron chi connectivity index (χ4n) is 2.22. The van der Waals surface area contributed by atoms with Crippen molar-refractivity contribution in [2.24, 2.45) is 11.8 Å². The summed E-state index contributed by atoms with van der Waals surface area (Å²) in [4.78, 5) is 0. The molecule has 2 nitrogen and oxygen atoms in total. The lowest BCUT2D eigenvalue weighted by Gasteiger charge is -2.28. The lowest BCUT2D eigenvalue weighted by Crippen LogP contribution is -2.28. The minimum Gasteiger partial charge on any atom is -0.319 e. The largest absolute Gasteiger partial charge is 0.319 e. The molecule has 0 aromatic heterocycles. The molecule has 2 heteroatoms. The molecular formula is C10H22N2. The number of nitrogens with one attached hydrogen (secondary N) is 2. The molecule has 0 heterocycles. The van der Waals surface area contributed by atoms with Gasteiger partial charge in [-0.1, -0.05) is 0 Å². The first kappa shape index (κ1) is 10.0. The second-order valence-electron chi connectivity index (χ2n) is 4.00. The smallest absolute Gasteiger partial charge is 0.00235 e. The summed E-state index contributed by atoms with van der Waals surface area (Å²) in [7, 11) is 4.11. The topological polar surface area (TPSA) is 24.1 Å². The zero-order chi connectivity index (χ0) is 8.81. The van der Waals surface area contributed by atoms with Crippen LogP contribution in [0, 0.1) is 11.8 Å². The van der Waals surface area contributed by atoms with Gasteiger partial charge in [0, 0.05) is 0 Å². The molecule has 0 amide bonds. The van der Waals surface area contributed by atoms with Crippen LogP contribution in [0.25, 0.3) is 0 Å². The molecule has 0 aliphatic heterocycles. The van der Waals surface area contributed by atoms with Gasteiger partial charge in [-0.25, -0.2) is 0 Å². The first-order chi connectivity index (χ1) is 5.86.